The van der Waals surface area contributed by atoms with Crippen molar-refractivity contribution in [3.8, 4) is 11.5 Å². The third-order valence-corrected chi connectivity index (χ3v) is 2.75. The summed E-state index contributed by atoms with van der Waals surface area (Å²) in [5, 5.41) is 4.15. The average molecular weight is 267 g/mol. The summed E-state index contributed by atoms with van der Waals surface area (Å²) in [7, 11) is 0. The number of fused-ring (bicyclic) bond motifs is 1. The molecule has 5 nitrogen and oxygen atoms in total. The summed E-state index contributed by atoms with van der Waals surface area (Å²) in [4.78, 5) is 4.01. The van der Waals surface area contributed by atoms with Crippen LogP contribution in [0, 0.1) is 6.92 Å². The van der Waals surface area contributed by atoms with E-state index in [1.54, 1.807) is 30.1 Å². The average Bonchev–Trinajstić information content (AvgIpc) is 2.87. The van der Waals surface area contributed by atoms with Crippen LogP contribution in [0.15, 0.2) is 24.5 Å². The molecule has 0 radical (unpaired) electrons. The number of aromatic nitrogens is 3. The van der Waals surface area contributed by atoms with Gasteiger partial charge >= 0.3 is 6.29 Å². The van der Waals surface area contributed by atoms with Gasteiger partial charge in [0.05, 0.1) is 0 Å². The van der Waals surface area contributed by atoms with Crippen molar-refractivity contribution in [2.24, 2.45) is 0 Å². The lowest BCUT2D eigenvalue weighted by Gasteiger charge is -2.04. The maximum absolute atomic E-state index is 12.9. The van der Waals surface area contributed by atoms with Crippen molar-refractivity contribution in [3.05, 3.63) is 35.9 Å². The van der Waals surface area contributed by atoms with E-state index in [0.29, 0.717) is 18.8 Å². The number of halogens is 2. The molecule has 2 heterocycles. The Hall–Kier alpha value is -2.18. The van der Waals surface area contributed by atoms with Gasteiger partial charge in [-0.25, -0.2) is 4.98 Å². The molecule has 19 heavy (non-hydrogen) atoms. The number of alkyl halides is 2. The molecule has 100 valence electrons. The molecule has 0 N–H and O–H groups in total. The second kappa shape index (κ2) is 4.18. The van der Waals surface area contributed by atoms with Gasteiger partial charge in [-0.1, -0.05) is 6.07 Å². The molecule has 1 aromatic carbocycles. The van der Waals surface area contributed by atoms with Crippen LogP contribution < -0.4 is 9.47 Å². The van der Waals surface area contributed by atoms with Crippen LogP contribution in [0.25, 0.3) is 0 Å². The fourth-order valence-electron chi connectivity index (χ4n) is 1.89. The second-order valence-electron chi connectivity index (χ2n) is 4.25. The largest absolute Gasteiger partial charge is 0.586 e. The Morgan fingerprint density at radius 2 is 2.05 bits per heavy atom. The van der Waals surface area contributed by atoms with Gasteiger partial charge in [-0.05, 0) is 31.0 Å². The Morgan fingerprint density at radius 3 is 2.79 bits per heavy atom. The van der Waals surface area contributed by atoms with Crippen LogP contribution in [-0.2, 0) is 13.0 Å². The molecule has 0 saturated carbocycles. The van der Waals surface area contributed by atoms with Crippen molar-refractivity contribution in [2.75, 3.05) is 0 Å². The zero-order valence-electron chi connectivity index (χ0n) is 10.1. The fourth-order valence-corrected chi connectivity index (χ4v) is 1.89. The van der Waals surface area contributed by atoms with Gasteiger partial charge in [-0.3, -0.25) is 4.68 Å². The summed E-state index contributed by atoms with van der Waals surface area (Å²) in [6.07, 6.45) is -1.29. The molecule has 0 saturated heterocycles. The molecule has 0 unspecified atom stereocenters. The fraction of sp³-hybridized carbons (Fsp3) is 0.333. The van der Waals surface area contributed by atoms with Crippen molar-refractivity contribution < 1.29 is 18.3 Å². The number of nitrogens with zero attached hydrogens (tertiary/aromatic N) is 3. The number of hydrogen-bond donors (Lipinski definition) is 0. The topological polar surface area (TPSA) is 49.2 Å². The number of hydrogen-bond acceptors (Lipinski definition) is 4. The molecule has 0 bridgehead atoms. The van der Waals surface area contributed by atoms with Gasteiger partial charge in [0.25, 0.3) is 0 Å². The van der Waals surface area contributed by atoms with Gasteiger partial charge in [0.2, 0.25) is 0 Å². The summed E-state index contributed by atoms with van der Waals surface area (Å²) in [6.45, 7) is 2.43. The SMILES string of the molecule is Cc1ncn(CCc2ccc3c(c2)OC(F)(F)O3)n1. The van der Waals surface area contributed by atoms with E-state index in [4.69, 9.17) is 0 Å². The Bertz CT molecular complexity index is 613. The van der Waals surface area contributed by atoms with Crippen LogP contribution in [0.2, 0.25) is 0 Å². The van der Waals surface area contributed by atoms with Crippen LogP contribution in [0.3, 0.4) is 0 Å². The molecule has 0 atom stereocenters. The van der Waals surface area contributed by atoms with Gasteiger partial charge in [-0.2, -0.15) is 5.10 Å². The van der Waals surface area contributed by atoms with Crippen LogP contribution in [0.1, 0.15) is 11.4 Å². The normalized spacial score (nSPS) is 15.7. The Balaban J connectivity index is 1.70. The molecule has 0 fully saturated rings. The van der Waals surface area contributed by atoms with Crippen LogP contribution in [0.4, 0.5) is 8.78 Å². The molecule has 7 heteroatoms. The molecule has 2 aromatic rings. The highest BCUT2D eigenvalue weighted by Crippen LogP contribution is 2.41. The minimum Gasteiger partial charge on any atom is -0.395 e. The van der Waals surface area contributed by atoms with Gasteiger partial charge in [0.15, 0.2) is 11.5 Å². The van der Waals surface area contributed by atoms with Gasteiger partial charge in [0.1, 0.15) is 12.2 Å². The summed E-state index contributed by atoms with van der Waals surface area (Å²) in [5.41, 5.74) is 0.869. The Kier molecular flexibility index (Phi) is 2.62. The first-order valence-electron chi connectivity index (χ1n) is 5.77. The lowest BCUT2D eigenvalue weighted by atomic mass is 10.1. The molecule has 0 amide bonds. The van der Waals surface area contributed by atoms with E-state index < -0.39 is 6.29 Å². The third kappa shape index (κ3) is 2.49. The van der Waals surface area contributed by atoms with Crippen LogP contribution in [0.5, 0.6) is 11.5 Å². The minimum atomic E-state index is -3.57. The summed E-state index contributed by atoms with van der Waals surface area (Å²) >= 11 is 0. The number of rotatable bonds is 3. The van der Waals surface area contributed by atoms with E-state index in [0.717, 1.165) is 5.56 Å². The highest BCUT2D eigenvalue weighted by Gasteiger charge is 2.43. The molecular formula is C12H11F2N3O2. The molecule has 0 aliphatic carbocycles. The van der Waals surface area contributed by atoms with Crippen molar-refractivity contribution >= 4 is 0 Å². The van der Waals surface area contributed by atoms with Crippen molar-refractivity contribution in [2.45, 2.75) is 26.2 Å². The lowest BCUT2D eigenvalue weighted by molar-refractivity contribution is -0.286. The molecule has 1 aromatic heterocycles. The van der Waals surface area contributed by atoms with E-state index in [-0.39, 0.29) is 11.5 Å². The van der Waals surface area contributed by atoms with Gasteiger partial charge in [-0.15, -0.1) is 8.78 Å². The zero-order valence-corrected chi connectivity index (χ0v) is 10.1. The zero-order chi connectivity index (χ0) is 13.5. The highest BCUT2D eigenvalue weighted by atomic mass is 19.3. The third-order valence-electron chi connectivity index (χ3n) is 2.75. The standard InChI is InChI=1S/C12H11F2N3O2/c1-8-15-7-17(16-8)5-4-9-2-3-10-11(6-9)19-12(13,14)18-10/h2-3,6-7H,4-5H2,1H3. The highest BCUT2D eigenvalue weighted by molar-refractivity contribution is 5.45. The van der Waals surface area contributed by atoms with E-state index >= 15 is 0 Å². The minimum absolute atomic E-state index is 0.0605. The quantitative estimate of drug-likeness (QED) is 0.855. The van der Waals surface area contributed by atoms with Crippen molar-refractivity contribution in [1.29, 1.82) is 0 Å². The summed E-state index contributed by atoms with van der Waals surface area (Å²) in [6, 6.07) is 4.77. The first kappa shape index (κ1) is 11.9. The van der Waals surface area contributed by atoms with E-state index in [9.17, 15) is 8.78 Å². The molecule has 3 rings (SSSR count). The molecule has 0 spiro atoms. The monoisotopic (exact) mass is 267 g/mol. The van der Waals surface area contributed by atoms with E-state index in [1.165, 1.54) is 6.07 Å². The maximum Gasteiger partial charge on any atom is 0.586 e. The summed E-state index contributed by atoms with van der Waals surface area (Å²) < 4.78 is 36.1. The number of benzene rings is 1. The predicted molar refractivity (Wildman–Crippen MR) is 61.1 cm³/mol. The molecule has 1 aliphatic heterocycles. The van der Waals surface area contributed by atoms with E-state index in [2.05, 4.69) is 19.6 Å². The van der Waals surface area contributed by atoms with E-state index in [1.807, 2.05) is 0 Å². The molecular weight excluding hydrogens is 256 g/mol. The predicted octanol–water partition coefficient (Wildman–Crippen LogP) is 2.15. The Morgan fingerprint density at radius 1 is 1.26 bits per heavy atom. The smallest absolute Gasteiger partial charge is 0.395 e. The Labute approximate surface area is 107 Å². The first-order chi connectivity index (χ1) is 9.02. The second-order valence-corrected chi connectivity index (χ2v) is 4.25. The number of ether oxygens (including phenoxy) is 2. The molecule has 1 aliphatic rings. The van der Waals surface area contributed by atoms with Crippen LogP contribution >= 0.6 is 0 Å². The van der Waals surface area contributed by atoms with Crippen molar-refractivity contribution in [1.82, 2.24) is 14.8 Å². The summed E-state index contributed by atoms with van der Waals surface area (Å²) in [5.74, 6) is 0.827. The first-order valence-corrected chi connectivity index (χ1v) is 5.77. The number of aryl methyl sites for hydroxylation is 3. The van der Waals surface area contributed by atoms with Gasteiger partial charge < -0.3 is 9.47 Å². The van der Waals surface area contributed by atoms with Crippen molar-refractivity contribution in [3.63, 3.8) is 0 Å². The lowest BCUT2D eigenvalue weighted by Crippen LogP contribution is -2.25. The van der Waals surface area contributed by atoms with Crippen LogP contribution in [-0.4, -0.2) is 21.1 Å². The maximum atomic E-state index is 12.9. The van der Waals surface area contributed by atoms with Gasteiger partial charge in [0, 0.05) is 6.54 Å².